The Morgan fingerprint density at radius 3 is 2.32 bits per heavy atom. The third kappa shape index (κ3) is 3.18. The molecule has 2 amide bonds. The van der Waals surface area contributed by atoms with Gasteiger partial charge in [0.1, 0.15) is 23.4 Å². The van der Waals surface area contributed by atoms with Crippen LogP contribution in [-0.4, -0.2) is 35.5 Å². The van der Waals surface area contributed by atoms with Crippen LogP contribution < -0.4 is 5.32 Å². The van der Waals surface area contributed by atoms with E-state index in [1.807, 2.05) is 5.32 Å². The number of carbonyl (C=O) groups is 2. The average Bonchev–Trinajstić information content (AvgIpc) is 2.90. The predicted molar refractivity (Wildman–Crippen MR) is 65.8 cm³/mol. The van der Waals surface area contributed by atoms with Gasteiger partial charge < -0.3 is 10.2 Å². The van der Waals surface area contributed by atoms with Crippen LogP contribution in [0.5, 0.6) is 0 Å². The molecule has 0 saturated carbocycles. The Morgan fingerprint density at radius 1 is 1.18 bits per heavy atom. The fourth-order valence-corrected chi connectivity index (χ4v) is 2.27. The van der Waals surface area contributed by atoms with E-state index in [1.54, 1.807) is 0 Å². The number of amides is 2. The number of para-hydroxylation sites is 1. The van der Waals surface area contributed by atoms with Crippen molar-refractivity contribution in [3.8, 4) is 0 Å². The van der Waals surface area contributed by atoms with Gasteiger partial charge in [0.15, 0.2) is 0 Å². The molecule has 120 valence electrons. The normalized spacial score (nSPS) is 18.4. The number of hydrogen-bond donors (Lipinski definition) is 1. The first kappa shape index (κ1) is 16.2. The van der Waals surface area contributed by atoms with Crippen LogP contribution in [0.15, 0.2) is 18.2 Å². The number of anilines is 1. The van der Waals surface area contributed by atoms with Gasteiger partial charge in [0.05, 0.1) is 0 Å². The highest BCUT2D eigenvalue weighted by molar-refractivity contribution is 5.98. The number of carbonyl (C=O) groups excluding carboxylic acids is 2. The Morgan fingerprint density at radius 2 is 1.77 bits per heavy atom. The molecule has 1 heterocycles. The molecule has 0 spiro atoms. The summed E-state index contributed by atoms with van der Waals surface area (Å²) in [4.78, 5) is 23.6. The van der Waals surface area contributed by atoms with Gasteiger partial charge in [0, 0.05) is 6.54 Å². The molecular weight excluding hydrogens is 311 g/mol. The second-order valence-electron chi connectivity index (χ2n) is 4.74. The lowest BCUT2D eigenvalue weighted by Gasteiger charge is -2.24. The van der Waals surface area contributed by atoms with Gasteiger partial charge in [0.25, 0.3) is 0 Å². The maximum absolute atomic E-state index is 13.4. The summed E-state index contributed by atoms with van der Waals surface area (Å²) in [6, 6.07) is 1.46. The van der Waals surface area contributed by atoms with Crippen LogP contribution in [0.1, 0.15) is 12.8 Å². The van der Waals surface area contributed by atoms with E-state index in [2.05, 4.69) is 0 Å². The van der Waals surface area contributed by atoms with Gasteiger partial charge in [-0.2, -0.15) is 13.2 Å². The number of nitrogens with one attached hydrogen (secondary N) is 1. The zero-order valence-electron chi connectivity index (χ0n) is 11.1. The molecule has 0 aliphatic carbocycles. The van der Waals surface area contributed by atoms with Gasteiger partial charge in [-0.3, -0.25) is 9.59 Å². The highest BCUT2D eigenvalue weighted by Gasteiger charge is 2.47. The number of alkyl halides is 3. The zero-order valence-corrected chi connectivity index (χ0v) is 11.1. The van der Waals surface area contributed by atoms with Crippen molar-refractivity contribution in [2.75, 3.05) is 11.9 Å². The largest absolute Gasteiger partial charge is 0.471 e. The topological polar surface area (TPSA) is 49.4 Å². The van der Waals surface area contributed by atoms with Crippen molar-refractivity contribution in [2.24, 2.45) is 0 Å². The molecule has 1 aliphatic rings. The van der Waals surface area contributed by atoms with Crippen molar-refractivity contribution in [3.05, 3.63) is 29.8 Å². The third-order valence-corrected chi connectivity index (χ3v) is 3.27. The van der Waals surface area contributed by atoms with Gasteiger partial charge in [-0.15, -0.1) is 0 Å². The summed E-state index contributed by atoms with van der Waals surface area (Å²) in [5.74, 6) is -5.31. The van der Waals surface area contributed by atoms with E-state index in [-0.39, 0.29) is 19.4 Å². The zero-order chi connectivity index (χ0) is 16.5. The lowest BCUT2D eigenvalue weighted by atomic mass is 10.2. The lowest BCUT2D eigenvalue weighted by molar-refractivity contribution is -0.186. The molecule has 4 nitrogen and oxygen atoms in total. The number of halogens is 5. The van der Waals surface area contributed by atoms with E-state index < -0.39 is 41.4 Å². The molecule has 1 aromatic carbocycles. The number of likely N-dealkylation sites (tertiary alicyclic amines) is 1. The van der Waals surface area contributed by atoms with Crippen molar-refractivity contribution in [1.29, 1.82) is 0 Å². The van der Waals surface area contributed by atoms with Crippen LogP contribution in [-0.2, 0) is 9.59 Å². The average molecular weight is 322 g/mol. The monoisotopic (exact) mass is 322 g/mol. The minimum absolute atomic E-state index is 0.0102. The molecule has 1 atom stereocenters. The summed E-state index contributed by atoms with van der Waals surface area (Å²) in [6.45, 7) is -0.240. The molecule has 1 fully saturated rings. The maximum Gasteiger partial charge on any atom is 0.471 e. The van der Waals surface area contributed by atoms with Gasteiger partial charge in [0.2, 0.25) is 5.91 Å². The van der Waals surface area contributed by atoms with E-state index in [9.17, 15) is 31.5 Å². The SMILES string of the molecule is O=C(Nc1c(F)cccc1F)C1CCCN1C(=O)C(F)(F)F. The number of rotatable bonds is 2. The maximum atomic E-state index is 13.4. The Bertz CT molecular complexity index is 582. The van der Waals surface area contributed by atoms with Crippen molar-refractivity contribution >= 4 is 17.5 Å². The van der Waals surface area contributed by atoms with Crippen LogP contribution in [0.3, 0.4) is 0 Å². The highest BCUT2D eigenvalue weighted by Crippen LogP contribution is 2.27. The molecule has 1 unspecified atom stereocenters. The molecule has 0 aromatic heterocycles. The summed E-state index contributed by atoms with van der Waals surface area (Å²) in [5, 5.41) is 1.91. The molecule has 1 N–H and O–H groups in total. The molecular formula is C13H11F5N2O2. The minimum atomic E-state index is -5.11. The van der Waals surface area contributed by atoms with E-state index in [0.717, 1.165) is 18.2 Å². The predicted octanol–water partition coefficient (Wildman–Crippen LogP) is 2.46. The second kappa shape index (κ2) is 5.90. The smallest absolute Gasteiger partial charge is 0.323 e. The fraction of sp³-hybridized carbons (Fsp3) is 0.385. The Balaban J connectivity index is 2.17. The van der Waals surface area contributed by atoms with Gasteiger partial charge in [-0.25, -0.2) is 8.78 Å². The first-order chi connectivity index (χ1) is 10.2. The number of nitrogens with zero attached hydrogens (tertiary/aromatic N) is 1. The Labute approximate surface area is 121 Å². The van der Waals surface area contributed by atoms with Crippen LogP contribution in [0, 0.1) is 11.6 Å². The molecule has 22 heavy (non-hydrogen) atoms. The van der Waals surface area contributed by atoms with Crippen molar-refractivity contribution in [1.82, 2.24) is 4.90 Å². The molecule has 0 radical (unpaired) electrons. The number of benzene rings is 1. The summed E-state index contributed by atoms with van der Waals surface area (Å²) >= 11 is 0. The standard InChI is InChI=1S/C13H11F5N2O2/c14-7-3-1-4-8(15)10(7)19-11(21)9-5-2-6-20(9)12(22)13(16,17)18/h1,3-4,9H,2,5-6H2,(H,19,21). The molecule has 1 aliphatic heterocycles. The van der Waals surface area contributed by atoms with Crippen LogP contribution in [0.2, 0.25) is 0 Å². The highest BCUT2D eigenvalue weighted by atomic mass is 19.4. The molecule has 1 aromatic rings. The van der Waals surface area contributed by atoms with Crippen LogP contribution >= 0.6 is 0 Å². The van der Waals surface area contributed by atoms with Crippen LogP contribution in [0.25, 0.3) is 0 Å². The summed E-state index contributed by atoms with van der Waals surface area (Å²) in [5.41, 5.74) is -0.751. The number of hydrogen-bond acceptors (Lipinski definition) is 2. The van der Waals surface area contributed by atoms with Crippen molar-refractivity contribution in [3.63, 3.8) is 0 Å². The first-order valence-electron chi connectivity index (χ1n) is 6.34. The van der Waals surface area contributed by atoms with Crippen LogP contribution in [0.4, 0.5) is 27.6 Å². The fourth-order valence-electron chi connectivity index (χ4n) is 2.27. The molecule has 1 saturated heterocycles. The van der Waals surface area contributed by atoms with E-state index in [4.69, 9.17) is 0 Å². The molecule has 2 rings (SSSR count). The van der Waals surface area contributed by atoms with E-state index in [0.29, 0.717) is 4.90 Å². The van der Waals surface area contributed by atoms with Crippen molar-refractivity contribution in [2.45, 2.75) is 25.1 Å². The Hall–Kier alpha value is -2.19. The van der Waals surface area contributed by atoms with Gasteiger partial charge in [-0.05, 0) is 25.0 Å². The Kier molecular flexibility index (Phi) is 4.34. The summed E-state index contributed by atoms with van der Waals surface area (Å²) < 4.78 is 64.2. The third-order valence-electron chi connectivity index (χ3n) is 3.27. The van der Waals surface area contributed by atoms with E-state index in [1.165, 1.54) is 0 Å². The molecule has 0 bridgehead atoms. The lowest BCUT2D eigenvalue weighted by Crippen LogP contribution is -2.48. The first-order valence-corrected chi connectivity index (χ1v) is 6.34. The van der Waals surface area contributed by atoms with Crippen molar-refractivity contribution < 1.29 is 31.5 Å². The summed E-state index contributed by atoms with van der Waals surface area (Å²) in [7, 11) is 0. The van der Waals surface area contributed by atoms with Gasteiger partial charge in [-0.1, -0.05) is 6.07 Å². The van der Waals surface area contributed by atoms with E-state index >= 15 is 0 Å². The second-order valence-corrected chi connectivity index (χ2v) is 4.74. The molecule has 9 heteroatoms. The minimum Gasteiger partial charge on any atom is -0.323 e. The quantitative estimate of drug-likeness (QED) is 0.851. The summed E-state index contributed by atoms with van der Waals surface area (Å²) in [6.07, 6.45) is -4.92. The van der Waals surface area contributed by atoms with Gasteiger partial charge >= 0.3 is 12.1 Å².